The normalized spacial score (nSPS) is 25.5. The van der Waals surface area contributed by atoms with E-state index in [9.17, 15) is 4.79 Å². The van der Waals surface area contributed by atoms with Crippen molar-refractivity contribution in [1.82, 2.24) is 4.90 Å². The molecule has 1 aromatic rings. The van der Waals surface area contributed by atoms with E-state index in [2.05, 4.69) is 0 Å². The maximum absolute atomic E-state index is 12.7. The van der Waals surface area contributed by atoms with Crippen LogP contribution in [0, 0.1) is 0 Å². The maximum atomic E-state index is 12.7. The van der Waals surface area contributed by atoms with E-state index in [0.29, 0.717) is 6.42 Å². The largest absolute Gasteiger partial charge is 0.496 e. The molecule has 1 amide bonds. The van der Waals surface area contributed by atoms with Crippen LogP contribution in [0.4, 0.5) is 0 Å². The van der Waals surface area contributed by atoms with E-state index in [-0.39, 0.29) is 5.91 Å². The number of nitrogens with zero attached hydrogens (tertiary/aromatic N) is 1. The number of carbonyl (C=O) groups excluding carboxylic acids is 1. The van der Waals surface area contributed by atoms with Crippen LogP contribution in [0.15, 0.2) is 18.2 Å². The molecule has 1 saturated heterocycles. The van der Waals surface area contributed by atoms with E-state index < -0.39 is 5.54 Å². The van der Waals surface area contributed by atoms with Crippen molar-refractivity contribution in [2.24, 2.45) is 5.73 Å². The van der Waals surface area contributed by atoms with Crippen LogP contribution in [0.2, 0.25) is 0 Å². The third-order valence-electron chi connectivity index (χ3n) is 4.38. The zero-order valence-electron chi connectivity index (χ0n) is 11.3. The van der Waals surface area contributed by atoms with Gasteiger partial charge in [-0.3, -0.25) is 4.79 Å². The predicted octanol–water partition coefficient (Wildman–Crippen LogP) is 1.42. The topological polar surface area (TPSA) is 55.6 Å². The molecule has 2 aliphatic rings. The zero-order valence-corrected chi connectivity index (χ0v) is 11.3. The number of ether oxygens (including phenoxy) is 1. The van der Waals surface area contributed by atoms with Crippen molar-refractivity contribution in [2.75, 3.05) is 20.2 Å². The van der Waals surface area contributed by atoms with Crippen LogP contribution in [0.25, 0.3) is 0 Å². The third-order valence-corrected chi connectivity index (χ3v) is 4.38. The minimum Gasteiger partial charge on any atom is -0.496 e. The van der Waals surface area contributed by atoms with Crippen molar-refractivity contribution in [3.63, 3.8) is 0 Å². The number of carbonyl (C=O) groups is 1. The molecule has 0 aromatic heterocycles. The van der Waals surface area contributed by atoms with Gasteiger partial charge in [-0.05, 0) is 42.9 Å². The van der Waals surface area contributed by atoms with Gasteiger partial charge in [-0.2, -0.15) is 0 Å². The minimum atomic E-state index is -0.853. The molecule has 4 nitrogen and oxygen atoms in total. The summed E-state index contributed by atoms with van der Waals surface area (Å²) in [6, 6.07) is 5.82. The lowest BCUT2D eigenvalue weighted by Crippen LogP contribution is -2.50. The Bertz CT molecular complexity index is 509. The number of nitrogens with two attached hydrogens (primary N) is 1. The Kier molecular flexibility index (Phi) is 2.97. The molecule has 4 heteroatoms. The van der Waals surface area contributed by atoms with E-state index in [1.807, 2.05) is 23.1 Å². The van der Waals surface area contributed by atoms with Gasteiger partial charge in [0.2, 0.25) is 5.91 Å². The van der Waals surface area contributed by atoms with Crippen LogP contribution in [0.3, 0.4) is 0 Å². The molecule has 1 aromatic carbocycles. The van der Waals surface area contributed by atoms with Crippen molar-refractivity contribution in [3.8, 4) is 5.75 Å². The molecule has 1 unspecified atom stereocenters. The van der Waals surface area contributed by atoms with E-state index >= 15 is 0 Å². The Balaban J connectivity index is 1.98. The van der Waals surface area contributed by atoms with Crippen molar-refractivity contribution in [1.29, 1.82) is 0 Å². The first-order chi connectivity index (χ1) is 9.16. The molecule has 0 saturated carbocycles. The first-order valence-electron chi connectivity index (χ1n) is 6.91. The molecule has 1 fully saturated rings. The first-order valence-corrected chi connectivity index (χ1v) is 6.91. The molecule has 1 atom stereocenters. The Labute approximate surface area is 113 Å². The lowest BCUT2D eigenvalue weighted by Gasteiger charge is -2.29. The van der Waals surface area contributed by atoms with Crippen LogP contribution >= 0.6 is 0 Å². The lowest BCUT2D eigenvalue weighted by molar-refractivity contribution is -0.136. The van der Waals surface area contributed by atoms with Gasteiger partial charge in [0, 0.05) is 13.1 Å². The summed E-state index contributed by atoms with van der Waals surface area (Å²) in [5.74, 6) is 0.927. The highest BCUT2D eigenvalue weighted by atomic mass is 16.5. The highest BCUT2D eigenvalue weighted by Gasteiger charge is 2.45. The second-order valence-corrected chi connectivity index (χ2v) is 5.46. The summed E-state index contributed by atoms with van der Waals surface area (Å²) < 4.78 is 5.38. The number of amides is 1. The number of hydrogen-bond acceptors (Lipinski definition) is 3. The highest BCUT2D eigenvalue weighted by Crippen LogP contribution is 2.41. The monoisotopic (exact) mass is 260 g/mol. The minimum absolute atomic E-state index is 0.0806. The third kappa shape index (κ3) is 1.82. The molecule has 1 aliphatic carbocycles. The smallest absolute Gasteiger partial charge is 0.247 e. The van der Waals surface area contributed by atoms with Gasteiger partial charge in [-0.1, -0.05) is 12.1 Å². The van der Waals surface area contributed by atoms with E-state index in [1.165, 1.54) is 0 Å². The van der Waals surface area contributed by atoms with E-state index in [0.717, 1.165) is 49.2 Å². The first kappa shape index (κ1) is 12.5. The fourth-order valence-corrected chi connectivity index (χ4v) is 3.31. The molecule has 19 heavy (non-hydrogen) atoms. The molecule has 0 spiro atoms. The number of rotatable bonds is 2. The van der Waals surface area contributed by atoms with Gasteiger partial charge >= 0.3 is 0 Å². The highest BCUT2D eigenvalue weighted by molar-refractivity contribution is 5.89. The van der Waals surface area contributed by atoms with E-state index in [4.69, 9.17) is 10.5 Å². The Morgan fingerprint density at radius 2 is 2.11 bits per heavy atom. The summed E-state index contributed by atoms with van der Waals surface area (Å²) in [6.45, 7) is 1.69. The van der Waals surface area contributed by atoms with Gasteiger partial charge in [0.15, 0.2) is 0 Å². The molecule has 1 heterocycles. The fourth-order valence-electron chi connectivity index (χ4n) is 3.31. The van der Waals surface area contributed by atoms with Crippen LogP contribution < -0.4 is 10.5 Å². The second kappa shape index (κ2) is 4.53. The average molecular weight is 260 g/mol. The summed E-state index contributed by atoms with van der Waals surface area (Å²) in [5.41, 5.74) is 7.66. The van der Waals surface area contributed by atoms with Gasteiger partial charge in [-0.25, -0.2) is 0 Å². The second-order valence-electron chi connectivity index (χ2n) is 5.46. The summed E-state index contributed by atoms with van der Waals surface area (Å²) >= 11 is 0. The molecular weight excluding hydrogens is 240 g/mol. The van der Waals surface area contributed by atoms with Crippen LogP contribution in [-0.4, -0.2) is 31.0 Å². The Morgan fingerprint density at radius 3 is 2.79 bits per heavy atom. The maximum Gasteiger partial charge on any atom is 0.247 e. The van der Waals surface area contributed by atoms with Gasteiger partial charge in [0.1, 0.15) is 11.3 Å². The fraction of sp³-hybridized carbons (Fsp3) is 0.533. The summed E-state index contributed by atoms with van der Waals surface area (Å²) in [4.78, 5) is 14.6. The molecule has 1 aliphatic heterocycles. The average Bonchev–Trinajstić information content (AvgIpc) is 3.07. The molecule has 102 valence electrons. The summed E-state index contributed by atoms with van der Waals surface area (Å²) in [7, 11) is 1.66. The summed E-state index contributed by atoms with van der Waals surface area (Å²) in [6.07, 6.45) is 3.67. The van der Waals surface area contributed by atoms with Crippen molar-refractivity contribution < 1.29 is 9.53 Å². The number of fused-ring (bicyclic) bond motifs is 1. The quantitative estimate of drug-likeness (QED) is 0.875. The molecule has 0 bridgehead atoms. The number of hydrogen-bond donors (Lipinski definition) is 1. The van der Waals surface area contributed by atoms with Crippen molar-refractivity contribution in [3.05, 3.63) is 29.3 Å². The molecule has 3 rings (SSSR count). The molecule has 2 N–H and O–H groups in total. The van der Waals surface area contributed by atoms with E-state index in [1.54, 1.807) is 7.11 Å². The lowest BCUT2D eigenvalue weighted by atomic mass is 9.91. The number of benzene rings is 1. The molecular formula is C15H20N2O2. The van der Waals surface area contributed by atoms with Gasteiger partial charge in [0.05, 0.1) is 7.11 Å². The SMILES string of the molecule is COc1cccc2c1CCC2(N)C(=O)N1CCCC1. The zero-order chi connectivity index (χ0) is 13.5. The number of methoxy groups -OCH3 is 1. The van der Waals surface area contributed by atoms with Crippen molar-refractivity contribution in [2.45, 2.75) is 31.2 Å². The Morgan fingerprint density at radius 1 is 1.37 bits per heavy atom. The predicted molar refractivity (Wildman–Crippen MR) is 73.0 cm³/mol. The van der Waals surface area contributed by atoms with Crippen LogP contribution in [0.5, 0.6) is 5.75 Å². The van der Waals surface area contributed by atoms with Crippen molar-refractivity contribution >= 4 is 5.91 Å². The Hall–Kier alpha value is -1.55. The summed E-state index contributed by atoms with van der Waals surface area (Å²) in [5, 5.41) is 0. The molecule has 0 radical (unpaired) electrons. The standard InChI is InChI=1S/C15H20N2O2/c1-19-13-6-4-5-12-11(13)7-8-15(12,16)14(18)17-9-2-3-10-17/h4-6H,2-3,7-10,16H2,1H3. The van der Waals surface area contributed by atoms with Crippen LogP contribution in [0.1, 0.15) is 30.4 Å². The van der Waals surface area contributed by atoms with Gasteiger partial charge < -0.3 is 15.4 Å². The number of likely N-dealkylation sites (tertiary alicyclic amines) is 1. The van der Waals surface area contributed by atoms with Gasteiger partial charge in [-0.15, -0.1) is 0 Å². The van der Waals surface area contributed by atoms with Crippen LogP contribution in [-0.2, 0) is 16.8 Å². The van der Waals surface area contributed by atoms with Gasteiger partial charge in [0.25, 0.3) is 0 Å².